The van der Waals surface area contributed by atoms with Crippen LogP contribution in [0.15, 0.2) is 72.8 Å². The molecule has 4 rings (SSSR count). The van der Waals surface area contributed by atoms with Crippen LogP contribution in [0.2, 0.25) is 5.02 Å². The van der Waals surface area contributed by atoms with Crippen LogP contribution >= 0.6 is 11.6 Å². The van der Waals surface area contributed by atoms with E-state index in [1.165, 1.54) is 0 Å². The van der Waals surface area contributed by atoms with Gasteiger partial charge < -0.3 is 14.6 Å². The van der Waals surface area contributed by atoms with Gasteiger partial charge in [0, 0.05) is 17.1 Å². The summed E-state index contributed by atoms with van der Waals surface area (Å²) < 4.78 is 11.6. The minimum absolute atomic E-state index is 0.177. The number of rotatable bonds is 8. The Morgan fingerprint density at radius 3 is 2.58 bits per heavy atom. The Balaban J connectivity index is 1.63. The Morgan fingerprint density at radius 1 is 1.12 bits per heavy atom. The maximum atomic E-state index is 11.7. The number of halogens is 1. The van der Waals surface area contributed by atoms with Crippen molar-refractivity contribution in [1.82, 2.24) is 4.90 Å². The molecule has 1 aliphatic heterocycles. The third kappa shape index (κ3) is 5.67. The number of hydrogen-bond donors (Lipinski definition) is 1. The predicted molar refractivity (Wildman–Crippen MR) is 129 cm³/mol. The van der Waals surface area contributed by atoms with Crippen molar-refractivity contribution in [3.05, 3.63) is 94.5 Å². The molecule has 0 aliphatic carbocycles. The Morgan fingerprint density at radius 2 is 1.88 bits per heavy atom. The first-order valence-corrected chi connectivity index (χ1v) is 11.5. The van der Waals surface area contributed by atoms with Crippen LogP contribution in [0.4, 0.5) is 0 Å². The molecule has 0 amide bonds. The van der Waals surface area contributed by atoms with Gasteiger partial charge in [0.05, 0.1) is 19.1 Å². The number of likely N-dealkylation sites (tertiary alicyclic amines) is 1. The van der Waals surface area contributed by atoms with Gasteiger partial charge in [0.15, 0.2) is 0 Å². The molecule has 1 N–H and O–H groups in total. The number of methoxy groups -OCH3 is 1. The summed E-state index contributed by atoms with van der Waals surface area (Å²) in [5.41, 5.74) is 3.07. The van der Waals surface area contributed by atoms with E-state index >= 15 is 0 Å². The van der Waals surface area contributed by atoms with Crippen LogP contribution in [0.1, 0.15) is 35.6 Å². The third-order valence-corrected chi connectivity index (χ3v) is 6.33. The molecular weight excluding hydrogens is 438 g/mol. The number of aliphatic carboxylic acids is 1. The molecule has 3 aromatic rings. The van der Waals surface area contributed by atoms with Crippen LogP contribution in [0.5, 0.6) is 11.5 Å². The van der Waals surface area contributed by atoms with Crippen LogP contribution < -0.4 is 9.47 Å². The van der Waals surface area contributed by atoms with E-state index in [4.69, 9.17) is 21.1 Å². The van der Waals surface area contributed by atoms with Crippen LogP contribution in [-0.4, -0.2) is 36.2 Å². The zero-order chi connectivity index (χ0) is 23.2. The number of carboxylic acid groups (broad SMARTS) is 1. The molecule has 1 heterocycles. The van der Waals surface area contributed by atoms with Gasteiger partial charge in [-0.2, -0.15) is 0 Å². The van der Waals surface area contributed by atoms with E-state index in [0.717, 1.165) is 41.2 Å². The maximum Gasteiger partial charge on any atom is 0.307 e. The number of ether oxygens (including phenoxy) is 2. The SMILES string of the molecule is COc1ccc(Cl)cc1C(c1ccc(OCc2ccccc2)cc1)N1CCCC(C(=O)O)C1. The molecule has 0 saturated carbocycles. The average Bonchev–Trinajstić information content (AvgIpc) is 2.85. The largest absolute Gasteiger partial charge is 0.496 e. The lowest BCUT2D eigenvalue weighted by Crippen LogP contribution is -2.41. The number of benzene rings is 3. The van der Waals surface area contributed by atoms with Crippen LogP contribution in [0.3, 0.4) is 0 Å². The summed E-state index contributed by atoms with van der Waals surface area (Å²) in [7, 11) is 1.64. The van der Waals surface area contributed by atoms with Crippen molar-refractivity contribution in [3.8, 4) is 11.5 Å². The monoisotopic (exact) mass is 465 g/mol. The number of hydrogen-bond acceptors (Lipinski definition) is 4. The predicted octanol–water partition coefficient (Wildman–Crippen LogP) is 5.81. The van der Waals surface area contributed by atoms with E-state index in [1.807, 2.05) is 66.7 Å². The van der Waals surface area contributed by atoms with Crippen molar-refractivity contribution in [3.63, 3.8) is 0 Å². The van der Waals surface area contributed by atoms with Gasteiger partial charge in [0.1, 0.15) is 18.1 Å². The van der Waals surface area contributed by atoms with Crippen molar-refractivity contribution in [2.75, 3.05) is 20.2 Å². The average molecular weight is 466 g/mol. The van der Waals surface area contributed by atoms with E-state index in [-0.39, 0.29) is 12.0 Å². The molecule has 2 unspecified atom stereocenters. The molecule has 0 aromatic heterocycles. The molecule has 2 atom stereocenters. The van der Waals surface area contributed by atoms with Gasteiger partial charge >= 0.3 is 5.97 Å². The lowest BCUT2D eigenvalue weighted by atomic mass is 9.91. The standard InChI is InChI=1S/C27H28ClNO4/c1-32-25-14-11-22(28)16-24(25)26(29-15-5-8-21(17-29)27(30)31)20-9-12-23(13-10-20)33-18-19-6-3-2-4-7-19/h2-4,6-7,9-14,16,21,26H,5,8,15,17-18H2,1H3,(H,30,31). The van der Waals surface area contributed by atoms with Gasteiger partial charge in [0.25, 0.3) is 0 Å². The normalized spacial score (nSPS) is 17.3. The van der Waals surface area contributed by atoms with Gasteiger partial charge in [-0.25, -0.2) is 0 Å². The summed E-state index contributed by atoms with van der Waals surface area (Å²) in [6.07, 6.45) is 1.52. The molecule has 1 saturated heterocycles. The smallest absolute Gasteiger partial charge is 0.307 e. The van der Waals surface area contributed by atoms with Crippen molar-refractivity contribution >= 4 is 17.6 Å². The Labute approximate surface area is 199 Å². The van der Waals surface area contributed by atoms with Crippen LogP contribution in [-0.2, 0) is 11.4 Å². The summed E-state index contributed by atoms with van der Waals surface area (Å²) in [4.78, 5) is 13.9. The molecule has 1 fully saturated rings. The van der Waals surface area contributed by atoms with Crippen molar-refractivity contribution in [1.29, 1.82) is 0 Å². The highest BCUT2D eigenvalue weighted by molar-refractivity contribution is 6.30. The molecule has 3 aromatic carbocycles. The first-order valence-electron chi connectivity index (χ1n) is 11.1. The highest BCUT2D eigenvalue weighted by atomic mass is 35.5. The number of carboxylic acids is 1. The first kappa shape index (κ1) is 23.1. The Hall–Kier alpha value is -3.02. The summed E-state index contributed by atoms with van der Waals surface area (Å²) in [5, 5.41) is 10.2. The first-order chi connectivity index (χ1) is 16.0. The fraction of sp³-hybridized carbons (Fsp3) is 0.296. The quantitative estimate of drug-likeness (QED) is 0.454. The van der Waals surface area contributed by atoms with Gasteiger partial charge in [-0.05, 0) is 60.8 Å². The molecule has 0 spiro atoms. The highest BCUT2D eigenvalue weighted by Crippen LogP contribution is 2.39. The molecule has 172 valence electrons. The van der Waals surface area contributed by atoms with Crippen LogP contribution in [0, 0.1) is 5.92 Å². The van der Waals surface area contributed by atoms with E-state index < -0.39 is 5.97 Å². The third-order valence-electron chi connectivity index (χ3n) is 6.10. The van der Waals surface area contributed by atoms with Gasteiger partial charge in [-0.3, -0.25) is 9.69 Å². The van der Waals surface area contributed by atoms with E-state index in [9.17, 15) is 9.90 Å². The second-order valence-electron chi connectivity index (χ2n) is 8.30. The number of piperidine rings is 1. The fourth-order valence-corrected chi connectivity index (χ4v) is 4.62. The highest BCUT2D eigenvalue weighted by Gasteiger charge is 2.32. The van der Waals surface area contributed by atoms with E-state index in [0.29, 0.717) is 24.6 Å². The summed E-state index contributed by atoms with van der Waals surface area (Å²) in [6, 6.07) is 23.4. The lowest BCUT2D eigenvalue weighted by Gasteiger charge is -2.38. The van der Waals surface area contributed by atoms with Crippen LogP contribution in [0.25, 0.3) is 0 Å². The molecule has 33 heavy (non-hydrogen) atoms. The second kappa shape index (κ2) is 10.7. The molecule has 6 heteroatoms. The molecule has 0 radical (unpaired) electrons. The zero-order valence-corrected chi connectivity index (χ0v) is 19.4. The van der Waals surface area contributed by atoms with Gasteiger partial charge in [0.2, 0.25) is 0 Å². The maximum absolute atomic E-state index is 11.7. The van der Waals surface area contributed by atoms with Gasteiger partial charge in [-0.15, -0.1) is 0 Å². The topological polar surface area (TPSA) is 59.0 Å². The molecule has 5 nitrogen and oxygen atoms in total. The lowest BCUT2D eigenvalue weighted by molar-refractivity contribution is -0.143. The minimum atomic E-state index is -0.749. The van der Waals surface area contributed by atoms with Crippen molar-refractivity contribution in [2.24, 2.45) is 5.92 Å². The Bertz CT molecular complexity index is 1070. The fourth-order valence-electron chi connectivity index (χ4n) is 4.44. The Kier molecular flexibility index (Phi) is 7.53. The summed E-state index contributed by atoms with van der Waals surface area (Å²) in [6.45, 7) is 1.77. The van der Waals surface area contributed by atoms with Gasteiger partial charge in [-0.1, -0.05) is 54.1 Å². The number of carbonyl (C=O) groups is 1. The second-order valence-corrected chi connectivity index (χ2v) is 8.74. The molecule has 0 bridgehead atoms. The van der Waals surface area contributed by atoms with E-state index in [2.05, 4.69) is 4.90 Å². The summed E-state index contributed by atoms with van der Waals surface area (Å²) in [5.74, 6) is 0.369. The minimum Gasteiger partial charge on any atom is -0.496 e. The zero-order valence-electron chi connectivity index (χ0n) is 18.6. The number of nitrogens with zero attached hydrogens (tertiary/aromatic N) is 1. The van der Waals surface area contributed by atoms with Crippen molar-refractivity contribution in [2.45, 2.75) is 25.5 Å². The van der Waals surface area contributed by atoms with Crippen molar-refractivity contribution < 1.29 is 19.4 Å². The van der Waals surface area contributed by atoms with E-state index in [1.54, 1.807) is 13.2 Å². The molecule has 1 aliphatic rings. The molecular formula is C27H28ClNO4. The summed E-state index contributed by atoms with van der Waals surface area (Å²) >= 11 is 6.36.